The average molecular weight is 323 g/mol. The quantitative estimate of drug-likeness (QED) is 0.828. The monoisotopic (exact) mass is 322 g/mol. The third kappa shape index (κ3) is 2.69. The number of nitrogens with zero attached hydrogens (tertiary/aromatic N) is 2. The maximum atomic E-state index is 11.8. The van der Waals surface area contributed by atoms with Crippen LogP contribution < -0.4 is 0 Å². The summed E-state index contributed by atoms with van der Waals surface area (Å²) in [6.45, 7) is 1.49. The van der Waals surface area contributed by atoms with Crippen LogP contribution >= 0.6 is 23.2 Å². The van der Waals surface area contributed by atoms with Gasteiger partial charge in [0.15, 0.2) is 0 Å². The molecule has 1 aromatic heterocycles. The number of rotatable bonds is 2. The lowest BCUT2D eigenvalue weighted by Gasteiger charge is -2.20. The molecule has 2 aromatic rings. The number of hydrogen-bond donors (Lipinski definition) is 0. The summed E-state index contributed by atoms with van der Waals surface area (Å²) in [6, 6.07) is 8.78. The van der Waals surface area contributed by atoms with E-state index in [9.17, 15) is 4.79 Å². The van der Waals surface area contributed by atoms with Crippen LogP contribution in [0.5, 0.6) is 0 Å². The van der Waals surface area contributed by atoms with Crippen LogP contribution in [0.1, 0.15) is 30.7 Å². The molecule has 3 rings (SSSR count). The third-order valence-electron chi connectivity index (χ3n) is 3.37. The number of furan rings is 1. The average Bonchev–Trinajstić information content (AvgIpc) is 3.09. The highest BCUT2D eigenvalue weighted by Gasteiger charge is 2.32. The van der Waals surface area contributed by atoms with Crippen molar-refractivity contribution in [3.8, 4) is 0 Å². The molecule has 1 aliphatic rings. The Bertz CT molecular complexity index is 710. The van der Waals surface area contributed by atoms with Gasteiger partial charge in [-0.3, -0.25) is 4.79 Å². The Morgan fingerprint density at radius 2 is 2.14 bits per heavy atom. The van der Waals surface area contributed by atoms with Crippen LogP contribution in [0.15, 0.2) is 46.1 Å². The fourth-order valence-electron chi connectivity index (χ4n) is 2.37. The molecule has 0 aliphatic carbocycles. The zero-order valence-electron chi connectivity index (χ0n) is 11.2. The maximum Gasteiger partial charge on any atom is 0.240 e. The number of carbonyl (C=O) groups excluding carboxylic acids is 1. The molecule has 0 saturated carbocycles. The van der Waals surface area contributed by atoms with Gasteiger partial charge in [-0.1, -0.05) is 29.3 Å². The molecule has 1 aromatic carbocycles. The van der Waals surface area contributed by atoms with E-state index in [1.165, 1.54) is 11.9 Å². The Hall–Kier alpha value is -1.78. The van der Waals surface area contributed by atoms with Gasteiger partial charge in [-0.15, -0.1) is 0 Å². The van der Waals surface area contributed by atoms with Gasteiger partial charge in [0.05, 0.1) is 22.4 Å². The van der Waals surface area contributed by atoms with Crippen LogP contribution in [0, 0.1) is 0 Å². The topological polar surface area (TPSA) is 45.8 Å². The summed E-state index contributed by atoms with van der Waals surface area (Å²) in [6.07, 6.45) is 2.16. The molecule has 0 fully saturated rings. The largest absolute Gasteiger partial charge is 0.463 e. The minimum absolute atomic E-state index is 0.132. The molecule has 0 bridgehead atoms. The van der Waals surface area contributed by atoms with Crippen molar-refractivity contribution in [1.82, 2.24) is 5.01 Å². The van der Waals surface area contributed by atoms with E-state index >= 15 is 0 Å². The Morgan fingerprint density at radius 3 is 2.76 bits per heavy atom. The Morgan fingerprint density at radius 1 is 1.33 bits per heavy atom. The molecule has 4 nitrogen and oxygen atoms in total. The summed E-state index contributed by atoms with van der Waals surface area (Å²) < 4.78 is 5.36. The summed E-state index contributed by atoms with van der Waals surface area (Å²) in [4.78, 5) is 11.8. The van der Waals surface area contributed by atoms with Gasteiger partial charge in [-0.2, -0.15) is 5.10 Å². The third-order valence-corrected chi connectivity index (χ3v) is 4.11. The highest BCUT2D eigenvalue weighted by molar-refractivity contribution is 6.42. The zero-order valence-corrected chi connectivity index (χ0v) is 12.7. The maximum absolute atomic E-state index is 11.8. The molecule has 1 amide bonds. The molecule has 1 atom stereocenters. The normalized spacial score (nSPS) is 18.0. The molecule has 2 heterocycles. The summed E-state index contributed by atoms with van der Waals surface area (Å²) in [5.41, 5.74) is 1.64. The van der Waals surface area contributed by atoms with Crippen LogP contribution in [0.4, 0.5) is 0 Å². The van der Waals surface area contributed by atoms with Crippen molar-refractivity contribution >= 4 is 34.8 Å². The smallest absolute Gasteiger partial charge is 0.240 e. The molecule has 0 N–H and O–H groups in total. The van der Waals surface area contributed by atoms with Crippen molar-refractivity contribution < 1.29 is 9.21 Å². The highest BCUT2D eigenvalue weighted by atomic mass is 35.5. The second kappa shape index (κ2) is 5.54. The van der Waals surface area contributed by atoms with Gasteiger partial charge in [0.1, 0.15) is 11.5 Å². The van der Waals surface area contributed by atoms with Crippen LogP contribution in [0.3, 0.4) is 0 Å². The number of hydrogen-bond acceptors (Lipinski definition) is 3. The molecule has 21 heavy (non-hydrogen) atoms. The second-order valence-corrected chi connectivity index (χ2v) is 5.60. The molecule has 0 saturated heterocycles. The van der Waals surface area contributed by atoms with Crippen molar-refractivity contribution in [3.63, 3.8) is 0 Å². The van der Waals surface area contributed by atoms with E-state index in [2.05, 4.69) is 5.10 Å². The van der Waals surface area contributed by atoms with E-state index in [-0.39, 0.29) is 11.9 Å². The first-order valence-electron chi connectivity index (χ1n) is 6.42. The van der Waals surface area contributed by atoms with Crippen LogP contribution in [0.2, 0.25) is 10.0 Å². The first kappa shape index (κ1) is 14.2. The second-order valence-electron chi connectivity index (χ2n) is 4.78. The number of amides is 1. The molecule has 1 aliphatic heterocycles. The van der Waals surface area contributed by atoms with Gasteiger partial charge in [0.2, 0.25) is 5.91 Å². The van der Waals surface area contributed by atoms with Crippen LogP contribution in [-0.4, -0.2) is 16.6 Å². The Kier molecular flexibility index (Phi) is 3.74. The van der Waals surface area contributed by atoms with E-state index in [1.807, 2.05) is 12.1 Å². The SMILES string of the molecule is CC(=O)N1N=C(c2ccco2)CC1c1ccc(Cl)c(Cl)c1. The first-order chi connectivity index (χ1) is 10.1. The van der Waals surface area contributed by atoms with Gasteiger partial charge >= 0.3 is 0 Å². The van der Waals surface area contributed by atoms with Gasteiger partial charge in [-0.05, 0) is 29.8 Å². The molecule has 1 unspecified atom stereocenters. The first-order valence-corrected chi connectivity index (χ1v) is 7.18. The molecule has 6 heteroatoms. The Labute approximate surface area is 131 Å². The standard InChI is InChI=1S/C15H12Cl2N2O2/c1-9(20)19-14(10-4-5-11(16)12(17)7-10)8-13(18-19)15-3-2-6-21-15/h2-7,14H,8H2,1H3. The molecular weight excluding hydrogens is 311 g/mol. The van der Waals surface area contributed by atoms with Crippen molar-refractivity contribution in [1.29, 1.82) is 0 Å². The predicted molar refractivity (Wildman–Crippen MR) is 81.6 cm³/mol. The van der Waals surface area contributed by atoms with E-state index in [0.29, 0.717) is 22.2 Å². The molecule has 0 radical (unpaired) electrons. The van der Waals surface area contributed by atoms with Gasteiger partial charge in [-0.25, -0.2) is 5.01 Å². The molecular formula is C15H12Cl2N2O2. The van der Waals surface area contributed by atoms with Crippen molar-refractivity contribution in [2.45, 2.75) is 19.4 Å². The van der Waals surface area contributed by atoms with Crippen molar-refractivity contribution in [2.75, 3.05) is 0 Å². The summed E-state index contributed by atoms with van der Waals surface area (Å²) in [5, 5.41) is 6.77. The van der Waals surface area contributed by atoms with Crippen molar-refractivity contribution in [3.05, 3.63) is 58.0 Å². The van der Waals surface area contributed by atoms with E-state index in [4.69, 9.17) is 27.6 Å². The predicted octanol–water partition coefficient (Wildman–Crippen LogP) is 4.28. The minimum atomic E-state index is -0.197. The van der Waals surface area contributed by atoms with Crippen LogP contribution in [0.25, 0.3) is 0 Å². The van der Waals surface area contributed by atoms with Gasteiger partial charge in [0, 0.05) is 13.3 Å². The zero-order chi connectivity index (χ0) is 15.0. The van der Waals surface area contributed by atoms with Gasteiger partial charge < -0.3 is 4.42 Å². The summed E-state index contributed by atoms with van der Waals surface area (Å²) in [7, 11) is 0. The van der Waals surface area contributed by atoms with E-state index < -0.39 is 0 Å². The van der Waals surface area contributed by atoms with Gasteiger partial charge in [0.25, 0.3) is 0 Å². The highest BCUT2D eigenvalue weighted by Crippen LogP contribution is 2.35. The van der Waals surface area contributed by atoms with Crippen molar-refractivity contribution in [2.24, 2.45) is 5.10 Å². The van der Waals surface area contributed by atoms with Crippen LogP contribution in [-0.2, 0) is 4.79 Å². The number of carbonyl (C=O) groups is 1. The summed E-state index contributed by atoms with van der Waals surface area (Å²) >= 11 is 12.0. The lowest BCUT2D eigenvalue weighted by atomic mass is 10.0. The lowest BCUT2D eigenvalue weighted by molar-refractivity contribution is -0.130. The molecule has 0 spiro atoms. The Balaban J connectivity index is 1.95. The lowest BCUT2D eigenvalue weighted by Crippen LogP contribution is -2.24. The van der Waals surface area contributed by atoms with E-state index in [1.54, 1.807) is 24.5 Å². The minimum Gasteiger partial charge on any atom is -0.463 e. The molecule has 108 valence electrons. The fourth-order valence-corrected chi connectivity index (χ4v) is 2.68. The van der Waals surface area contributed by atoms with E-state index in [0.717, 1.165) is 11.3 Å². The number of benzene rings is 1. The summed E-state index contributed by atoms with van der Waals surface area (Å²) in [5.74, 6) is 0.538. The number of hydrazone groups is 1. The fraction of sp³-hybridized carbons (Fsp3) is 0.200. The number of halogens is 2.